The third-order valence-electron chi connectivity index (χ3n) is 2.41. The molecule has 1 saturated heterocycles. The molecule has 6 nitrogen and oxygen atoms in total. The molecule has 0 bridgehead atoms. The van der Waals surface area contributed by atoms with Gasteiger partial charge in [0.15, 0.2) is 0 Å². The molecule has 0 saturated carbocycles. The van der Waals surface area contributed by atoms with Crippen LogP contribution in [0.15, 0.2) is 0 Å². The Morgan fingerprint density at radius 2 is 2.47 bits per heavy atom. The van der Waals surface area contributed by atoms with Crippen LogP contribution in [0.1, 0.15) is 29.6 Å². The highest BCUT2D eigenvalue weighted by atomic mass is 32.1. The van der Waals surface area contributed by atoms with Gasteiger partial charge in [-0.15, -0.1) is 10.2 Å². The average molecular weight is 256 g/mol. The van der Waals surface area contributed by atoms with Crippen LogP contribution in [0.25, 0.3) is 0 Å². The summed E-state index contributed by atoms with van der Waals surface area (Å²) in [5.74, 6) is -0.164. The molecule has 2 rings (SSSR count). The first-order chi connectivity index (χ1) is 8.29. The van der Waals surface area contributed by atoms with Crippen molar-refractivity contribution in [3.8, 4) is 0 Å². The van der Waals surface area contributed by atoms with Gasteiger partial charge in [-0.3, -0.25) is 4.79 Å². The Morgan fingerprint density at radius 1 is 1.59 bits per heavy atom. The number of rotatable bonds is 5. The van der Waals surface area contributed by atoms with Crippen molar-refractivity contribution >= 4 is 22.4 Å². The molecule has 94 valence electrons. The van der Waals surface area contributed by atoms with Gasteiger partial charge < -0.3 is 15.4 Å². The lowest BCUT2D eigenvalue weighted by molar-refractivity contribution is 0.0929. The van der Waals surface area contributed by atoms with Crippen molar-refractivity contribution in [2.75, 3.05) is 25.1 Å². The smallest absolute Gasteiger partial charge is 0.282 e. The Labute approximate surface area is 104 Å². The predicted octanol–water partition coefficient (Wildman–Crippen LogP) is 0.879. The highest BCUT2D eigenvalue weighted by molar-refractivity contribution is 7.17. The van der Waals surface area contributed by atoms with Gasteiger partial charge in [0.25, 0.3) is 5.91 Å². The van der Waals surface area contributed by atoms with E-state index in [1.807, 2.05) is 0 Å². The molecule has 1 aromatic heterocycles. The van der Waals surface area contributed by atoms with Gasteiger partial charge in [0.05, 0.1) is 12.6 Å². The van der Waals surface area contributed by atoms with Crippen molar-refractivity contribution in [2.45, 2.75) is 25.8 Å². The summed E-state index contributed by atoms with van der Waals surface area (Å²) in [6, 6.07) is 0.110. The average Bonchev–Trinajstić information content (AvgIpc) is 2.96. The summed E-state index contributed by atoms with van der Waals surface area (Å²) >= 11 is 1.28. The number of carbonyl (C=O) groups excluding carboxylic acids is 1. The van der Waals surface area contributed by atoms with Gasteiger partial charge in [-0.2, -0.15) is 0 Å². The summed E-state index contributed by atoms with van der Waals surface area (Å²) in [4.78, 5) is 11.8. The summed E-state index contributed by atoms with van der Waals surface area (Å²) in [6.45, 7) is 4.21. The second-order valence-electron chi connectivity index (χ2n) is 3.87. The van der Waals surface area contributed by atoms with E-state index in [1.165, 1.54) is 11.3 Å². The first-order valence-electron chi connectivity index (χ1n) is 5.75. The lowest BCUT2D eigenvalue weighted by Crippen LogP contribution is -2.34. The summed E-state index contributed by atoms with van der Waals surface area (Å²) in [7, 11) is 0. The van der Waals surface area contributed by atoms with Crippen LogP contribution in [0.3, 0.4) is 0 Å². The fourth-order valence-corrected chi connectivity index (χ4v) is 2.19. The van der Waals surface area contributed by atoms with Crippen LogP contribution < -0.4 is 10.6 Å². The van der Waals surface area contributed by atoms with E-state index in [0.717, 1.165) is 19.4 Å². The number of nitrogens with zero attached hydrogens (tertiary/aromatic N) is 2. The third-order valence-corrected chi connectivity index (χ3v) is 3.29. The minimum atomic E-state index is -0.164. The van der Waals surface area contributed by atoms with E-state index in [4.69, 9.17) is 4.74 Å². The maximum Gasteiger partial charge on any atom is 0.282 e. The zero-order valence-corrected chi connectivity index (χ0v) is 10.5. The molecule has 0 aromatic carbocycles. The van der Waals surface area contributed by atoms with Gasteiger partial charge in [0.2, 0.25) is 10.1 Å². The number of carbonyl (C=O) groups is 1. The molecule has 0 aliphatic carbocycles. The summed E-state index contributed by atoms with van der Waals surface area (Å²) < 4.78 is 5.19. The quantitative estimate of drug-likeness (QED) is 0.818. The van der Waals surface area contributed by atoms with Crippen LogP contribution in [-0.4, -0.2) is 41.9 Å². The SMILES string of the molecule is CCCNc1nnc(C(=O)NC2CCOC2)s1. The highest BCUT2D eigenvalue weighted by Gasteiger charge is 2.20. The number of anilines is 1. The van der Waals surface area contributed by atoms with Gasteiger partial charge in [0, 0.05) is 13.2 Å². The predicted molar refractivity (Wildman–Crippen MR) is 65.4 cm³/mol. The molecule has 1 aliphatic heterocycles. The van der Waals surface area contributed by atoms with Crippen LogP contribution in [0.2, 0.25) is 0 Å². The molecule has 1 aromatic rings. The highest BCUT2D eigenvalue weighted by Crippen LogP contribution is 2.15. The number of nitrogens with one attached hydrogen (secondary N) is 2. The van der Waals surface area contributed by atoms with Gasteiger partial charge >= 0.3 is 0 Å². The van der Waals surface area contributed by atoms with Crippen molar-refractivity contribution < 1.29 is 9.53 Å². The Bertz CT molecular complexity index is 376. The number of hydrogen-bond acceptors (Lipinski definition) is 6. The number of aromatic nitrogens is 2. The molecule has 2 N–H and O–H groups in total. The van der Waals surface area contributed by atoms with E-state index in [0.29, 0.717) is 23.4 Å². The van der Waals surface area contributed by atoms with Crippen molar-refractivity contribution in [1.29, 1.82) is 0 Å². The lowest BCUT2D eigenvalue weighted by Gasteiger charge is -2.07. The molecule has 1 fully saturated rings. The van der Waals surface area contributed by atoms with Crippen LogP contribution >= 0.6 is 11.3 Å². The largest absolute Gasteiger partial charge is 0.379 e. The Balaban J connectivity index is 1.87. The zero-order chi connectivity index (χ0) is 12.1. The van der Waals surface area contributed by atoms with Gasteiger partial charge in [-0.1, -0.05) is 18.3 Å². The van der Waals surface area contributed by atoms with E-state index < -0.39 is 0 Å². The number of amides is 1. The van der Waals surface area contributed by atoms with E-state index >= 15 is 0 Å². The van der Waals surface area contributed by atoms with E-state index in [9.17, 15) is 4.79 Å². The summed E-state index contributed by atoms with van der Waals surface area (Å²) in [6.07, 6.45) is 1.88. The molecule has 7 heteroatoms. The molecule has 1 unspecified atom stereocenters. The van der Waals surface area contributed by atoms with E-state index in [2.05, 4.69) is 27.8 Å². The zero-order valence-electron chi connectivity index (χ0n) is 9.73. The molecule has 1 atom stereocenters. The molecule has 17 heavy (non-hydrogen) atoms. The first-order valence-corrected chi connectivity index (χ1v) is 6.57. The second kappa shape index (κ2) is 5.92. The molecule has 0 spiro atoms. The normalized spacial score (nSPS) is 19.2. The second-order valence-corrected chi connectivity index (χ2v) is 4.85. The topological polar surface area (TPSA) is 76.1 Å². The van der Waals surface area contributed by atoms with Crippen molar-refractivity contribution in [1.82, 2.24) is 15.5 Å². The Kier molecular flexibility index (Phi) is 4.27. The third kappa shape index (κ3) is 3.37. The maximum atomic E-state index is 11.8. The Hall–Kier alpha value is -1.21. The van der Waals surface area contributed by atoms with Crippen LogP contribution in [0, 0.1) is 0 Å². The van der Waals surface area contributed by atoms with E-state index in [1.54, 1.807) is 0 Å². The minimum Gasteiger partial charge on any atom is -0.379 e. The molecule has 1 aliphatic rings. The molecular formula is C10H16N4O2S. The van der Waals surface area contributed by atoms with Crippen LogP contribution in [-0.2, 0) is 4.74 Å². The minimum absolute atomic E-state index is 0.110. The van der Waals surface area contributed by atoms with Gasteiger partial charge in [-0.25, -0.2) is 0 Å². The standard InChI is InChI=1S/C10H16N4O2S/c1-2-4-11-10-14-13-9(17-10)8(15)12-7-3-5-16-6-7/h7H,2-6H2,1H3,(H,11,14)(H,12,15). The number of hydrogen-bond donors (Lipinski definition) is 2. The molecular weight excluding hydrogens is 240 g/mol. The maximum absolute atomic E-state index is 11.8. The fraction of sp³-hybridized carbons (Fsp3) is 0.700. The molecule has 1 amide bonds. The number of ether oxygens (including phenoxy) is 1. The monoisotopic (exact) mass is 256 g/mol. The summed E-state index contributed by atoms with van der Waals surface area (Å²) in [5.41, 5.74) is 0. The molecule has 2 heterocycles. The Morgan fingerprint density at radius 3 is 3.18 bits per heavy atom. The van der Waals surface area contributed by atoms with Crippen LogP contribution in [0.4, 0.5) is 5.13 Å². The molecule has 0 radical (unpaired) electrons. The fourth-order valence-electron chi connectivity index (χ4n) is 1.51. The van der Waals surface area contributed by atoms with Gasteiger partial charge in [-0.05, 0) is 12.8 Å². The van der Waals surface area contributed by atoms with E-state index in [-0.39, 0.29) is 11.9 Å². The van der Waals surface area contributed by atoms with Crippen molar-refractivity contribution in [3.63, 3.8) is 0 Å². The van der Waals surface area contributed by atoms with Crippen molar-refractivity contribution in [3.05, 3.63) is 5.01 Å². The summed E-state index contributed by atoms with van der Waals surface area (Å²) in [5, 5.41) is 14.9. The lowest BCUT2D eigenvalue weighted by atomic mass is 10.2. The van der Waals surface area contributed by atoms with Crippen molar-refractivity contribution in [2.24, 2.45) is 0 Å². The van der Waals surface area contributed by atoms with Crippen LogP contribution in [0.5, 0.6) is 0 Å². The van der Waals surface area contributed by atoms with Gasteiger partial charge in [0.1, 0.15) is 0 Å². The first kappa shape index (κ1) is 12.3.